The molecule has 3 rings (SSSR count). The summed E-state index contributed by atoms with van der Waals surface area (Å²) >= 11 is 5.98. The summed E-state index contributed by atoms with van der Waals surface area (Å²) in [5.41, 5.74) is 0.840. The summed E-state index contributed by atoms with van der Waals surface area (Å²) in [5.74, 6) is 1.65. The minimum absolute atomic E-state index is 0.659. The first-order valence-corrected chi connectivity index (χ1v) is 7.74. The molecule has 1 aliphatic rings. The molecule has 2 aromatic rings. The number of likely N-dealkylation sites (tertiary alicyclic amines) is 1. The summed E-state index contributed by atoms with van der Waals surface area (Å²) in [7, 11) is 0. The smallest absolute Gasteiger partial charge is 0.157 e. The van der Waals surface area contributed by atoms with E-state index in [9.17, 15) is 0 Å². The number of halogens is 1. The molecule has 0 N–H and O–H groups in total. The lowest BCUT2D eigenvalue weighted by Gasteiger charge is -2.34. The summed E-state index contributed by atoms with van der Waals surface area (Å²) < 4.78 is 1.81. The van der Waals surface area contributed by atoms with Crippen molar-refractivity contribution < 1.29 is 0 Å². The SMILES string of the molecule is CC(C)N1CCC(Cc2nc3cc(Cl)ccn3n2)CC1. The quantitative estimate of drug-likeness (QED) is 0.872. The van der Waals surface area contributed by atoms with Crippen LogP contribution in [0.25, 0.3) is 5.65 Å². The van der Waals surface area contributed by atoms with Crippen LogP contribution in [0.4, 0.5) is 0 Å². The van der Waals surface area contributed by atoms with Gasteiger partial charge in [0.05, 0.1) is 0 Å². The van der Waals surface area contributed by atoms with E-state index in [1.165, 1.54) is 25.9 Å². The van der Waals surface area contributed by atoms with Crippen molar-refractivity contribution in [3.05, 3.63) is 29.2 Å². The van der Waals surface area contributed by atoms with Gasteiger partial charge < -0.3 is 4.90 Å². The molecule has 1 aliphatic heterocycles. The second kappa shape index (κ2) is 5.70. The normalized spacial score (nSPS) is 18.2. The molecule has 5 heteroatoms. The molecule has 108 valence electrons. The first kappa shape index (κ1) is 13.8. The minimum Gasteiger partial charge on any atom is -0.301 e. The molecule has 3 heterocycles. The molecule has 0 unspecified atom stereocenters. The number of piperidine rings is 1. The van der Waals surface area contributed by atoms with Crippen LogP contribution in [0.3, 0.4) is 0 Å². The predicted molar refractivity (Wildman–Crippen MR) is 81.1 cm³/mol. The fourth-order valence-corrected chi connectivity index (χ4v) is 3.07. The van der Waals surface area contributed by atoms with Crippen LogP contribution in [-0.4, -0.2) is 38.6 Å². The molecule has 4 nitrogen and oxygen atoms in total. The molecule has 0 atom stereocenters. The molecule has 0 bridgehead atoms. The van der Waals surface area contributed by atoms with Crippen LogP contribution < -0.4 is 0 Å². The van der Waals surface area contributed by atoms with Crippen molar-refractivity contribution in [2.45, 2.75) is 39.2 Å². The van der Waals surface area contributed by atoms with Gasteiger partial charge in [-0.2, -0.15) is 5.10 Å². The number of aromatic nitrogens is 3. The molecule has 2 aromatic heterocycles. The largest absolute Gasteiger partial charge is 0.301 e. The number of fused-ring (bicyclic) bond motifs is 1. The van der Waals surface area contributed by atoms with Gasteiger partial charge in [0.25, 0.3) is 0 Å². The highest BCUT2D eigenvalue weighted by molar-refractivity contribution is 6.30. The fourth-order valence-electron chi connectivity index (χ4n) is 2.92. The van der Waals surface area contributed by atoms with E-state index in [2.05, 4.69) is 28.8 Å². The summed E-state index contributed by atoms with van der Waals surface area (Å²) in [6, 6.07) is 4.36. The highest BCUT2D eigenvalue weighted by Crippen LogP contribution is 2.22. The molecule has 0 aromatic carbocycles. The Kier molecular flexibility index (Phi) is 3.94. The van der Waals surface area contributed by atoms with Crippen LogP contribution in [0.1, 0.15) is 32.5 Å². The van der Waals surface area contributed by atoms with E-state index < -0.39 is 0 Å². The third kappa shape index (κ3) is 2.96. The molecule has 0 saturated carbocycles. The van der Waals surface area contributed by atoms with Gasteiger partial charge in [-0.15, -0.1) is 0 Å². The average molecular weight is 293 g/mol. The maximum atomic E-state index is 5.98. The first-order valence-electron chi connectivity index (χ1n) is 7.36. The number of rotatable bonds is 3. The lowest BCUT2D eigenvalue weighted by Crippen LogP contribution is -2.38. The van der Waals surface area contributed by atoms with Gasteiger partial charge in [0.15, 0.2) is 11.5 Å². The van der Waals surface area contributed by atoms with Crippen LogP contribution in [0, 0.1) is 5.92 Å². The zero-order valence-corrected chi connectivity index (χ0v) is 12.8. The maximum absolute atomic E-state index is 5.98. The van der Waals surface area contributed by atoms with Crippen LogP contribution in [0.15, 0.2) is 18.3 Å². The Morgan fingerprint density at radius 2 is 2.10 bits per heavy atom. The molecule has 1 saturated heterocycles. The van der Waals surface area contributed by atoms with Crippen molar-refractivity contribution in [1.29, 1.82) is 0 Å². The van der Waals surface area contributed by atoms with E-state index in [-0.39, 0.29) is 0 Å². The summed E-state index contributed by atoms with van der Waals surface area (Å²) in [4.78, 5) is 7.12. The Bertz CT molecular complexity index is 585. The van der Waals surface area contributed by atoms with E-state index in [1.54, 1.807) is 0 Å². The van der Waals surface area contributed by atoms with Crippen molar-refractivity contribution in [2.24, 2.45) is 5.92 Å². The van der Waals surface area contributed by atoms with Gasteiger partial charge in [0, 0.05) is 29.7 Å². The number of hydrogen-bond acceptors (Lipinski definition) is 3. The Balaban J connectivity index is 1.65. The Morgan fingerprint density at radius 1 is 1.35 bits per heavy atom. The van der Waals surface area contributed by atoms with Gasteiger partial charge in [0.2, 0.25) is 0 Å². The molecule has 1 fully saturated rings. The predicted octanol–water partition coefficient (Wildman–Crippen LogP) is 3.05. The standard InChI is InChI=1S/C15H21ClN4/c1-11(2)19-6-3-12(4-7-19)9-14-17-15-10-13(16)5-8-20(15)18-14/h5,8,10-12H,3-4,6-7,9H2,1-2H3. The van der Waals surface area contributed by atoms with E-state index in [4.69, 9.17) is 11.6 Å². The highest BCUT2D eigenvalue weighted by Gasteiger charge is 2.22. The van der Waals surface area contributed by atoms with E-state index >= 15 is 0 Å². The maximum Gasteiger partial charge on any atom is 0.157 e. The monoisotopic (exact) mass is 292 g/mol. The molecule has 0 radical (unpaired) electrons. The van der Waals surface area contributed by atoms with Crippen molar-refractivity contribution in [1.82, 2.24) is 19.5 Å². The zero-order chi connectivity index (χ0) is 14.1. The molecule has 20 heavy (non-hydrogen) atoms. The third-order valence-electron chi connectivity index (χ3n) is 4.19. The second-order valence-corrected chi connectivity index (χ2v) is 6.39. The zero-order valence-electron chi connectivity index (χ0n) is 12.1. The van der Waals surface area contributed by atoms with E-state index in [0.717, 1.165) is 17.9 Å². The molecule has 0 aliphatic carbocycles. The molecular weight excluding hydrogens is 272 g/mol. The summed E-state index contributed by atoms with van der Waals surface area (Å²) in [6.45, 7) is 6.94. The van der Waals surface area contributed by atoms with Gasteiger partial charge in [-0.1, -0.05) is 11.6 Å². The minimum atomic E-state index is 0.659. The van der Waals surface area contributed by atoms with E-state index in [1.807, 2.05) is 22.8 Å². The third-order valence-corrected chi connectivity index (χ3v) is 4.43. The molecular formula is C15H21ClN4. The lowest BCUT2D eigenvalue weighted by atomic mass is 9.93. The van der Waals surface area contributed by atoms with Crippen LogP contribution in [0.2, 0.25) is 5.02 Å². The Hall–Kier alpha value is -1.13. The number of nitrogens with zero attached hydrogens (tertiary/aromatic N) is 4. The second-order valence-electron chi connectivity index (χ2n) is 5.95. The highest BCUT2D eigenvalue weighted by atomic mass is 35.5. The van der Waals surface area contributed by atoms with Gasteiger partial charge in [-0.05, 0) is 51.8 Å². The van der Waals surface area contributed by atoms with Crippen molar-refractivity contribution in [2.75, 3.05) is 13.1 Å². The summed E-state index contributed by atoms with van der Waals surface area (Å²) in [5, 5.41) is 5.25. The molecule has 0 amide bonds. The Morgan fingerprint density at radius 3 is 2.80 bits per heavy atom. The first-order chi connectivity index (χ1) is 9.61. The number of pyridine rings is 1. The van der Waals surface area contributed by atoms with Crippen molar-refractivity contribution in [3.8, 4) is 0 Å². The lowest BCUT2D eigenvalue weighted by molar-refractivity contribution is 0.148. The van der Waals surface area contributed by atoms with Crippen molar-refractivity contribution >= 4 is 17.2 Å². The van der Waals surface area contributed by atoms with Gasteiger partial charge in [-0.25, -0.2) is 9.50 Å². The topological polar surface area (TPSA) is 33.4 Å². The fraction of sp³-hybridized carbons (Fsp3) is 0.600. The van der Waals surface area contributed by atoms with Crippen LogP contribution in [0.5, 0.6) is 0 Å². The van der Waals surface area contributed by atoms with Crippen molar-refractivity contribution in [3.63, 3.8) is 0 Å². The van der Waals surface area contributed by atoms with Gasteiger partial charge >= 0.3 is 0 Å². The van der Waals surface area contributed by atoms with Gasteiger partial charge in [0.1, 0.15) is 0 Å². The van der Waals surface area contributed by atoms with Crippen LogP contribution >= 0.6 is 11.6 Å². The molecule has 0 spiro atoms. The van der Waals surface area contributed by atoms with E-state index in [0.29, 0.717) is 17.0 Å². The average Bonchev–Trinajstić information content (AvgIpc) is 2.80. The van der Waals surface area contributed by atoms with Crippen LogP contribution in [-0.2, 0) is 6.42 Å². The Labute approximate surface area is 124 Å². The number of hydrogen-bond donors (Lipinski definition) is 0. The summed E-state index contributed by atoms with van der Waals surface area (Å²) in [6.07, 6.45) is 5.34. The van der Waals surface area contributed by atoms with Gasteiger partial charge in [-0.3, -0.25) is 0 Å².